The van der Waals surface area contributed by atoms with Crippen LogP contribution in [0.15, 0.2) is 5.10 Å². The van der Waals surface area contributed by atoms with E-state index in [-0.39, 0.29) is 6.42 Å². The van der Waals surface area contributed by atoms with Crippen molar-refractivity contribution >= 4 is 46.4 Å². The van der Waals surface area contributed by atoms with Gasteiger partial charge in [-0.25, -0.2) is 0 Å². The number of halogens is 3. The summed E-state index contributed by atoms with van der Waals surface area (Å²) in [5.74, 6) is -0.704. The highest BCUT2D eigenvalue weighted by atomic mass is 35.6. The van der Waals surface area contributed by atoms with Crippen LogP contribution in [0.1, 0.15) is 26.2 Å². The van der Waals surface area contributed by atoms with Gasteiger partial charge >= 0.3 is 0 Å². The van der Waals surface area contributed by atoms with Crippen molar-refractivity contribution in [3.8, 4) is 6.07 Å². The average Bonchev–Trinajstić information content (AvgIpc) is 2.56. The molecule has 1 atom stereocenters. The van der Waals surface area contributed by atoms with Gasteiger partial charge in [-0.05, 0) is 6.42 Å². The molecule has 0 aromatic heterocycles. The van der Waals surface area contributed by atoms with Crippen molar-refractivity contribution in [2.75, 3.05) is 0 Å². The lowest BCUT2D eigenvalue weighted by molar-refractivity contribution is -0.153. The molecule has 1 N–H and O–H groups in total. The van der Waals surface area contributed by atoms with Gasteiger partial charge in [0.15, 0.2) is 0 Å². The van der Waals surface area contributed by atoms with E-state index in [1.54, 1.807) is 13.0 Å². The summed E-state index contributed by atoms with van der Waals surface area (Å²) >= 11 is 17.0. The van der Waals surface area contributed by atoms with Gasteiger partial charge in [0.25, 0.3) is 5.91 Å². The monoisotopic (exact) mass is 297 g/mol. The summed E-state index contributed by atoms with van der Waals surface area (Å²) in [7, 11) is 0. The topological polar surface area (TPSA) is 76.7 Å². The summed E-state index contributed by atoms with van der Waals surface area (Å²) in [6.07, 6.45) is 0.0279. The Kier molecular flexibility index (Phi) is 4.26. The number of nitriles is 1. The lowest BCUT2D eigenvalue weighted by atomic mass is 10.1. The Labute approximate surface area is 114 Å². The van der Waals surface area contributed by atoms with E-state index in [1.807, 2.05) is 0 Å². The highest BCUT2D eigenvalue weighted by Gasteiger charge is 2.57. The molecule has 1 rings (SSSR count). The molecule has 0 bridgehead atoms. The third kappa shape index (κ3) is 2.66. The van der Waals surface area contributed by atoms with Gasteiger partial charge in [0, 0.05) is 12.1 Å². The van der Waals surface area contributed by atoms with E-state index >= 15 is 0 Å². The number of amides is 1. The summed E-state index contributed by atoms with van der Waals surface area (Å²) in [6, 6.07) is 1.67. The SMILES string of the molecule is CCC1=NN(C(=O)CC#N)C(O)(C(Cl)(Cl)Cl)C1. The summed E-state index contributed by atoms with van der Waals surface area (Å²) < 4.78 is -2.10. The lowest BCUT2D eigenvalue weighted by Gasteiger charge is -2.36. The maximum absolute atomic E-state index is 11.6. The van der Waals surface area contributed by atoms with Gasteiger partial charge in [0.2, 0.25) is 9.52 Å². The van der Waals surface area contributed by atoms with Crippen LogP contribution in [0.4, 0.5) is 0 Å². The molecule has 0 radical (unpaired) electrons. The molecule has 0 aliphatic carbocycles. The number of alkyl halides is 3. The van der Waals surface area contributed by atoms with Crippen molar-refractivity contribution in [3.63, 3.8) is 0 Å². The van der Waals surface area contributed by atoms with Crippen LogP contribution in [-0.4, -0.2) is 31.3 Å². The first-order valence-electron chi connectivity index (χ1n) is 4.81. The molecule has 1 unspecified atom stereocenters. The van der Waals surface area contributed by atoms with Crippen molar-refractivity contribution in [2.24, 2.45) is 5.10 Å². The average molecular weight is 299 g/mol. The van der Waals surface area contributed by atoms with Crippen molar-refractivity contribution in [1.29, 1.82) is 5.26 Å². The van der Waals surface area contributed by atoms with Crippen LogP contribution in [0.2, 0.25) is 0 Å². The zero-order valence-electron chi connectivity index (χ0n) is 8.95. The van der Waals surface area contributed by atoms with Crippen LogP contribution < -0.4 is 0 Å². The number of carbonyl (C=O) groups excluding carboxylic acids is 1. The maximum atomic E-state index is 11.6. The largest absolute Gasteiger partial charge is 0.365 e. The van der Waals surface area contributed by atoms with Crippen molar-refractivity contribution in [1.82, 2.24) is 5.01 Å². The minimum absolute atomic E-state index is 0.0445. The number of hydrogen-bond acceptors (Lipinski definition) is 4. The molecule has 1 heterocycles. The number of hydrazone groups is 1. The van der Waals surface area contributed by atoms with Gasteiger partial charge in [-0.2, -0.15) is 15.4 Å². The summed E-state index contributed by atoms with van der Waals surface area (Å²) in [5.41, 5.74) is -1.50. The fourth-order valence-corrected chi connectivity index (χ4v) is 1.88. The van der Waals surface area contributed by atoms with Crippen LogP contribution in [0, 0.1) is 11.3 Å². The number of hydrogen-bond donors (Lipinski definition) is 1. The lowest BCUT2D eigenvalue weighted by Crippen LogP contribution is -2.55. The van der Waals surface area contributed by atoms with Gasteiger partial charge in [-0.3, -0.25) is 4.79 Å². The fraction of sp³-hybridized carbons (Fsp3) is 0.667. The predicted molar refractivity (Wildman–Crippen MR) is 64.7 cm³/mol. The first kappa shape index (κ1) is 14.5. The molecule has 94 valence electrons. The molecule has 0 saturated carbocycles. The Morgan fingerprint density at radius 2 is 2.29 bits per heavy atom. The zero-order valence-corrected chi connectivity index (χ0v) is 11.2. The number of carbonyl (C=O) groups is 1. The normalized spacial score (nSPS) is 24.5. The second-order valence-electron chi connectivity index (χ2n) is 3.55. The Morgan fingerprint density at radius 1 is 1.71 bits per heavy atom. The third-order valence-electron chi connectivity index (χ3n) is 2.37. The standard InChI is InChI=1S/C9H10Cl3N3O2/c1-2-6-5-8(17,9(10,11)12)15(14-6)7(16)3-4-13/h17H,2-3,5H2,1H3. The first-order valence-corrected chi connectivity index (χ1v) is 5.95. The van der Waals surface area contributed by atoms with E-state index < -0.39 is 21.8 Å². The molecule has 17 heavy (non-hydrogen) atoms. The Balaban J connectivity index is 3.09. The van der Waals surface area contributed by atoms with E-state index in [9.17, 15) is 9.90 Å². The Morgan fingerprint density at radius 3 is 2.71 bits per heavy atom. The van der Waals surface area contributed by atoms with Crippen molar-refractivity contribution < 1.29 is 9.90 Å². The van der Waals surface area contributed by atoms with Gasteiger partial charge in [-0.1, -0.05) is 41.7 Å². The van der Waals surface area contributed by atoms with E-state index in [2.05, 4.69) is 5.10 Å². The van der Waals surface area contributed by atoms with Gasteiger partial charge in [0.1, 0.15) is 6.42 Å². The zero-order chi connectivity index (χ0) is 13.3. The van der Waals surface area contributed by atoms with Gasteiger partial charge in [0.05, 0.1) is 6.07 Å². The van der Waals surface area contributed by atoms with Gasteiger partial charge < -0.3 is 5.11 Å². The first-order chi connectivity index (χ1) is 7.76. The quantitative estimate of drug-likeness (QED) is 0.792. The molecule has 1 amide bonds. The molecular weight excluding hydrogens is 288 g/mol. The van der Waals surface area contributed by atoms with E-state index in [4.69, 9.17) is 40.1 Å². The van der Waals surface area contributed by atoms with Crippen molar-refractivity contribution in [2.45, 2.75) is 35.7 Å². The minimum Gasteiger partial charge on any atom is -0.365 e. The second-order valence-corrected chi connectivity index (χ2v) is 5.83. The van der Waals surface area contributed by atoms with E-state index in [1.165, 1.54) is 0 Å². The van der Waals surface area contributed by atoms with E-state index in [0.29, 0.717) is 17.1 Å². The predicted octanol–water partition coefficient (Wildman–Crippen LogP) is 1.96. The molecule has 0 saturated heterocycles. The van der Waals surface area contributed by atoms with Crippen LogP contribution in [-0.2, 0) is 4.79 Å². The van der Waals surface area contributed by atoms with Crippen molar-refractivity contribution in [3.05, 3.63) is 0 Å². The minimum atomic E-state index is -2.10. The highest BCUT2D eigenvalue weighted by molar-refractivity contribution is 6.68. The Bertz CT molecular complexity index is 399. The molecule has 5 nitrogen and oxygen atoms in total. The number of nitrogens with zero attached hydrogens (tertiary/aromatic N) is 3. The highest BCUT2D eigenvalue weighted by Crippen LogP contribution is 2.46. The summed E-state index contributed by atoms with van der Waals surface area (Å²) in [6.45, 7) is 1.80. The second kappa shape index (κ2) is 4.99. The summed E-state index contributed by atoms with van der Waals surface area (Å²) in [4.78, 5) is 11.6. The number of rotatable bonds is 2. The molecule has 8 heteroatoms. The summed E-state index contributed by atoms with van der Waals surface area (Å²) in [5, 5.41) is 23.3. The third-order valence-corrected chi connectivity index (χ3v) is 3.28. The van der Waals surface area contributed by atoms with E-state index in [0.717, 1.165) is 0 Å². The smallest absolute Gasteiger partial charge is 0.259 e. The molecule has 1 aliphatic rings. The van der Waals surface area contributed by atoms with Crippen LogP contribution >= 0.6 is 34.8 Å². The Hall–Kier alpha value is -0.540. The van der Waals surface area contributed by atoms with Crippen LogP contribution in [0.5, 0.6) is 0 Å². The fourth-order valence-electron chi connectivity index (χ4n) is 1.44. The van der Waals surface area contributed by atoms with Crippen LogP contribution in [0.25, 0.3) is 0 Å². The molecule has 0 aromatic rings. The maximum Gasteiger partial charge on any atom is 0.259 e. The number of aliphatic hydroxyl groups is 1. The molecule has 1 aliphatic heterocycles. The molecular formula is C9H10Cl3N3O2. The van der Waals surface area contributed by atoms with Crippen LogP contribution in [0.3, 0.4) is 0 Å². The molecule has 0 aromatic carbocycles. The molecule has 0 fully saturated rings. The van der Waals surface area contributed by atoms with Gasteiger partial charge in [-0.15, -0.1) is 0 Å². The molecule has 0 spiro atoms.